The molecule has 0 aliphatic heterocycles. The van der Waals surface area contributed by atoms with Crippen LogP contribution in [-0.2, 0) is 0 Å². The maximum absolute atomic E-state index is 6.00. The molecule has 0 bridgehead atoms. The molecule has 0 radical (unpaired) electrons. The normalized spacial score (nSPS) is 1.50. The quantitative estimate of drug-likeness (QED) is 0.320. The Bertz CT molecular complexity index is 14.0. The first-order chi connectivity index (χ1) is 1.00. The summed E-state index contributed by atoms with van der Waals surface area (Å²) in [6.45, 7) is 0. The molecule has 0 aromatic carbocycles. The molecule has 0 aromatic rings. The molecule has 0 rings (SSSR count). The Morgan fingerprint density at radius 2 is 1.25 bits per heavy atom. The van der Waals surface area contributed by atoms with E-state index in [0.717, 1.165) is 0 Å². The van der Waals surface area contributed by atoms with Gasteiger partial charge in [0.15, 0.2) is 0 Å². The van der Waals surface area contributed by atoms with Crippen LogP contribution in [0, 0.1) is 0 Å². The minimum absolute atomic E-state index is 0. The van der Waals surface area contributed by atoms with E-state index in [-0.39, 0.29) is 77.6 Å². The average molecular weight is 200 g/mol. The average Bonchev–Trinajstić information content (AvgIpc) is 1.00. The summed E-state index contributed by atoms with van der Waals surface area (Å²) in [7, 11) is 0. The Kier molecular flexibility index (Phi) is 76.2. The van der Waals surface area contributed by atoms with Gasteiger partial charge in [-0.25, -0.2) is 0 Å². The minimum atomic E-state index is 0. The summed E-state index contributed by atoms with van der Waals surface area (Å²) in [5, 5.41) is 12.0. The van der Waals surface area contributed by atoms with E-state index in [1.165, 1.54) is 0 Å². The van der Waals surface area contributed by atoms with Crippen molar-refractivity contribution in [2.75, 3.05) is 0 Å². The summed E-state index contributed by atoms with van der Waals surface area (Å²) in [6.07, 6.45) is 0. The molecule has 2 N–H and O–H groups in total. The SMILES string of the molecule is OO.[Ba+2].[H-].[H-].[H-].[H-].[Mg+2]. The molecule has 0 atom stereocenters. The molecule has 2 nitrogen and oxygen atoms in total. The van der Waals surface area contributed by atoms with E-state index in [0.29, 0.717) is 0 Å². The minimum Gasteiger partial charge on any atom is -1.00 e. The fraction of sp³-hybridized carbons (Fsp3) is 0. The van der Waals surface area contributed by atoms with Gasteiger partial charge in [0.05, 0.1) is 0 Å². The number of hydrogen-bond donors (Lipinski definition) is 2. The van der Waals surface area contributed by atoms with Crippen LogP contribution in [0.5, 0.6) is 0 Å². The summed E-state index contributed by atoms with van der Waals surface area (Å²) >= 11 is 0. The van der Waals surface area contributed by atoms with Crippen molar-refractivity contribution in [3.8, 4) is 0 Å². The van der Waals surface area contributed by atoms with Crippen LogP contribution in [0.25, 0.3) is 0 Å². The molecule has 0 unspecified atom stereocenters. The van der Waals surface area contributed by atoms with Gasteiger partial charge >= 0.3 is 71.9 Å². The molecule has 0 spiro atoms. The van der Waals surface area contributed by atoms with Crippen LogP contribution < -0.4 is 0 Å². The number of rotatable bonds is 0. The first-order valence-electron chi connectivity index (χ1n) is 0.200. The van der Waals surface area contributed by atoms with Crippen molar-refractivity contribution in [2.24, 2.45) is 0 Å². The molecule has 0 fully saturated rings. The van der Waals surface area contributed by atoms with Crippen LogP contribution in [-0.4, -0.2) is 82.4 Å². The van der Waals surface area contributed by atoms with Crippen LogP contribution >= 0.6 is 0 Å². The molecule has 0 amide bonds. The van der Waals surface area contributed by atoms with Crippen LogP contribution in [0.15, 0.2) is 0 Å². The Balaban J connectivity index is -0.000000000333. The molecule has 0 aliphatic carbocycles. The third kappa shape index (κ3) is 8.86. The van der Waals surface area contributed by atoms with E-state index in [1.807, 2.05) is 0 Å². The van der Waals surface area contributed by atoms with E-state index >= 15 is 0 Å². The molecule has 4 heteroatoms. The molecule has 0 saturated heterocycles. The van der Waals surface area contributed by atoms with Gasteiger partial charge in [-0.3, -0.25) is 10.5 Å². The molecule has 4 heavy (non-hydrogen) atoms. The van der Waals surface area contributed by atoms with Crippen molar-refractivity contribution in [1.29, 1.82) is 0 Å². The molecule has 0 aromatic heterocycles. The third-order valence-corrected chi connectivity index (χ3v) is 0. The van der Waals surface area contributed by atoms with Crippen molar-refractivity contribution >= 4 is 71.9 Å². The van der Waals surface area contributed by atoms with Gasteiger partial charge in [-0.2, -0.15) is 0 Å². The fourth-order valence-electron chi connectivity index (χ4n) is 0. The summed E-state index contributed by atoms with van der Waals surface area (Å²) in [5.41, 5.74) is 0. The second-order valence-electron chi connectivity index (χ2n) is 0. The Labute approximate surface area is 86.7 Å². The van der Waals surface area contributed by atoms with E-state index in [9.17, 15) is 0 Å². The number of hydrogen-bond acceptors (Lipinski definition) is 2. The van der Waals surface area contributed by atoms with Crippen LogP contribution in [0.4, 0.5) is 0 Å². The first kappa shape index (κ1) is 16.3. The van der Waals surface area contributed by atoms with Crippen LogP contribution in [0.2, 0.25) is 0 Å². The van der Waals surface area contributed by atoms with Gasteiger partial charge < -0.3 is 5.71 Å². The summed E-state index contributed by atoms with van der Waals surface area (Å²) < 4.78 is 0. The predicted octanol–water partition coefficient (Wildman–Crippen LogP) is -0.294. The Morgan fingerprint density at radius 1 is 1.25 bits per heavy atom. The Hall–Kier alpha value is 2.26. The molecule has 0 saturated carbocycles. The van der Waals surface area contributed by atoms with Crippen molar-refractivity contribution in [2.45, 2.75) is 0 Å². The first-order valence-corrected chi connectivity index (χ1v) is 0.200. The van der Waals surface area contributed by atoms with E-state index < -0.39 is 0 Å². The maximum atomic E-state index is 6.00. The standard InChI is InChI=1S/Ba.Mg.H2O2.4H/c;;1-2;;;;/h;;1-2H;;;;/q2*+2;;4*-1. The zero-order valence-corrected chi connectivity index (χ0v) is 8.16. The molecular weight excluding hydrogens is 194 g/mol. The van der Waals surface area contributed by atoms with E-state index in [2.05, 4.69) is 0 Å². The zero-order chi connectivity index (χ0) is 2.00. The van der Waals surface area contributed by atoms with Gasteiger partial charge in [-0.05, 0) is 0 Å². The molecule has 0 aliphatic rings. The fourth-order valence-corrected chi connectivity index (χ4v) is 0. The maximum Gasteiger partial charge on any atom is 2.00 e. The second-order valence-corrected chi connectivity index (χ2v) is 0. The summed E-state index contributed by atoms with van der Waals surface area (Å²) in [6, 6.07) is 0. The van der Waals surface area contributed by atoms with E-state index in [4.69, 9.17) is 10.5 Å². The largest absolute Gasteiger partial charge is 2.00 e. The van der Waals surface area contributed by atoms with Gasteiger partial charge in [0.1, 0.15) is 0 Å². The van der Waals surface area contributed by atoms with Gasteiger partial charge in [-0.15, -0.1) is 0 Å². The Morgan fingerprint density at radius 3 is 1.25 bits per heavy atom. The van der Waals surface area contributed by atoms with Gasteiger partial charge in [0.25, 0.3) is 0 Å². The van der Waals surface area contributed by atoms with Crippen molar-refractivity contribution in [1.82, 2.24) is 0 Å². The van der Waals surface area contributed by atoms with Gasteiger partial charge in [0.2, 0.25) is 0 Å². The third-order valence-electron chi connectivity index (χ3n) is 0. The van der Waals surface area contributed by atoms with Crippen molar-refractivity contribution in [3.05, 3.63) is 0 Å². The molecule has 22 valence electrons. The van der Waals surface area contributed by atoms with Crippen LogP contribution in [0.1, 0.15) is 5.71 Å². The summed E-state index contributed by atoms with van der Waals surface area (Å²) in [4.78, 5) is 0. The summed E-state index contributed by atoms with van der Waals surface area (Å²) in [5.74, 6) is 0. The van der Waals surface area contributed by atoms with Crippen molar-refractivity contribution < 1.29 is 16.2 Å². The topological polar surface area (TPSA) is 40.5 Å². The smallest absolute Gasteiger partial charge is 1.00 e. The van der Waals surface area contributed by atoms with Crippen LogP contribution in [0.3, 0.4) is 0 Å². The molecular formula is H6BaMgO2. The monoisotopic (exact) mass is 200 g/mol. The van der Waals surface area contributed by atoms with Gasteiger partial charge in [-0.1, -0.05) is 0 Å². The predicted molar refractivity (Wildman–Crippen MR) is 21.2 cm³/mol. The van der Waals surface area contributed by atoms with Gasteiger partial charge in [0, 0.05) is 0 Å². The second kappa shape index (κ2) is 18.7. The van der Waals surface area contributed by atoms with Crippen molar-refractivity contribution in [3.63, 3.8) is 0 Å². The molecule has 0 heterocycles. The van der Waals surface area contributed by atoms with E-state index in [1.54, 1.807) is 0 Å². The zero-order valence-electron chi connectivity index (χ0n) is 6.31.